The Balaban J connectivity index is 2.39. The van der Waals surface area contributed by atoms with E-state index in [2.05, 4.69) is 27.3 Å². The van der Waals surface area contributed by atoms with Crippen molar-refractivity contribution in [1.29, 1.82) is 0 Å². The summed E-state index contributed by atoms with van der Waals surface area (Å²) >= 11 is 3.40. The van der Waals surface area contributed by atoms with Gasteiger partial charge in [-0.2, -0.15) is 0 Å². The third-order valence-electron chi connectivity index (χ3n) is 2.62. The summed E-state index contributed by atoms with van der Waals surface area (Å²) in [6.07, 6.45) is 0.554. The van der Waals surface area contributed by atoms with Crippen LogP contribution in [-0.4, -0.2) is 18.2 Å². The molecule has 0 fully saturated rings. The Hall–Kier alpha value is -0.380. The molecule has 0 spiro atoms. The topological polar surface area (TPSA) is 32.3 Å². The molecule has 0 aromatic heterocycles. The number of halogens is 1. The number of likely N-dealkylation sites (N-methyl/N-ethyl adjacent to an activating group) is 1. The molecule has 1 aromatic rings. The number of aliphatic hydroxyl groups excluding tert-OH is 1. The Kier molecular flexibility index (Phi) is 2.41. The van der Waals surface area contributed by atoms with Gasteiger partial charge in [0.1, 0.15) is 0 Å². The smallest absolute Gasteiger partial charge is 0.0949 e. The lowest BCUT2D eigenvalue weighted by Crippen LogP contribution is -2.29. The van der Waals surface area contributed by atoms with E-state index in [4.69, 9.17) is 0 Å². The van der Waals surface area contributed by atoms with E-state index in [-0.39, 0.29) is 12.1 Å². The fraction of sp³-hybridized carbons (Fsp3) is 0.400. The molecule has 0 saturated heterocycles. The molecule has 2 N–H and O–H groups in total. The van der Waals surface area contributed by atoms with Crippen LogP contribution in [0.1, 0.15) is 17.2 Å². The molecular formula is C10H12BrNO. The zero-order valence-corrected chi connectivity index (χ0v) is 9.01. The van der Waals surface area contributed by atoms with E-state index in [1.54, 1.807) is 0 Å². The molecular weight excluding hydrogens is 230 g/mol. The van der Waals surface area contributed by atoms with Crippen molar-refractivity contribution in [3.05, 3.63) is 33.8 Å². The summed E-state index contributed by atoms with van der Waals surface area (Å²) in [6, 6.07) is 6.25. The first-order valence-electron chi connectivity index (χ1n) is 4.36. The molecule has 2 unspecified atom stereocenters. The second kappa shape index (κ2) is 3.40. The minimum Gasteiger partial charge on any atom is -0.387 e. The van der Waals surface area contributed by atoms with Crippen molar-refractivity contribution in [3.63, 3.8) is 0 Å². The SMILES string of the molecule is CNC1Cc2ccc(Br)cc2C1O. The molecule has 0 radical (unpaired) electrons. The lowest BCUT2D eigenvalue weighted by Gasteiger charge is -2.13. The van der Waals surface area contributed by atoms with Crippen LogP contribution in [0.3, 0.4) is 0 Å². The zero-order valence-electron chi connectivity index (χ0n) is 7.42. The van der Waals surface area contributed by atoms with Crippen LogP contribution in [0.2, 0.25) is 0 Å². The second-order valence-electron chi connectivity index (χ2n) is 3.39. The maximum atomic E-state index is 9.88. The van der Waals surface area contributed by atoms with Crippen molar-refractivity contribution in [2.24, 2.45) is 0 Å². The third-order valence-corrected chi connectivity index (χ3v) is 3.11. The molecule has 0 saturated carbocycles. The van der Waals surface area contributed by atoms with Gasteiger partial charge < -0.3 is 10.4 Å². The Morgan fingerprint density at radius 2 is 2.31 bits per heavy atom. The van der Waals surface area contributed by atoms with E-state index in [0.29, 0.717) is 0 Å². The van der Waals surface area contributed by atoms with Crippen molar-refractivity contribution >= 4 is 15.9 Å². The summed E-state index contributed by atoms with van der Waals surface area (Å²) in [5, 5.41) is 13.0. The summed E-state index contributed by atoms with van der Waals surface area (Å²) in [7, 11) is 1.88. The van der Waals surface area contributed by atoms with Gasteiger partial charge in [-0.3, -0.25) is 0 Å². The number of aliphatic hydroxyl groups is 1. The van der Waals surface area contributed by atoms with Crippen LogP contribution in [0.15, 0.2) is 22.7 Å². The van der Waals surface area contributed by atoms with Crippen molar-refractivity contribution in [2.45, 2.75) is 18.6 Å². The number of hydrogen-bond donors (Lipinski definition) is 2. The van der Waals surface area contributed by atoms with Gasteiger partial charge in [-0.15, -0.1) is 0 Å². The molecule has 1 aliphatic rings. The summed E-state index contributed by atoms with van der Waals surface area (Å²) < 4.78 is 1.03. The van der Waals surface area contributed by atoms with Gasteiger partial charge in [-0.05, 0) is 36.7 Å². The first-order chi connectivity index (χ1) is 6.22. The van der Waals surface area contributed by atoms with Crippen LogP contribution >= 0.6 is 15.9 Å². The highest BCUT2D eigenvalue weighted by Gasteiger charge is 2.29. The van der Waals surface area contributed by atoms with E-state index in [1.807, 2.05) is 19.2 Å². The van der Waals surface area contributed by atoms with E-state index < -0.39 is 0 Å². The molecule has 0 bridgehead atoms. The van der Waals surface area contributed by atoms with E-state index in [9.17, 15) is 5.11 Å². The Morgan fingerprint density at radius 3 is 3.00 bits per heavy atom. The first-order valence-corrected chi connectivity index (χ1v) is 5.15. The molecule has 3 heteroatoms. The summed E-state index contributed by atoms with van der Waals surface area (Å²) in [4.78, 5) is 0. The highest BCUT2D eigenvalue weighted by atomic mass is 79.9. The van der Waals surface area contributed by atoms with Crippen molar-refractivity contribution in [3.8, 4) is 0 Å². The Morgan fingerprint density at radius 1 is 1.54 bits per heavy atom. The van der Waals surface area contributed by atoms with Crippen LogP contribution in [0.5, 0.6) is 0 Å². The molecule has 70 valence electrons. The van der Waals surface area contributed by atoms with Gasteiger partial charge >= 0.3 is 0 Å². The van der Waals surface area contributed by atoms with Gasteiger partial charge in [0.15, 0.2) is 0 Å². The molecule has 2 atom stereocenters. The molecule has 1 aliphatic carbocycles. The van der Waals surface area contributed by atoms with Crippen LogP contribution in [0.4, 0.5) is 0 Å². The summed E-state index contributed by atoms with van der Waals surface area (Å²) in [6.45, 7) is 0. The van der Waals surface area contributed by atoms with E-state index in [0.717, 1.165) is 16.5 Å². The van der Waals surface area contributed by atoms with Gasteiger partial charge in [0.25, 0.3) is 0 Å². The lowest BCUT2D eigenvalue weighted by molar-refractivity contribution is 0.146. The summed E-state index contributed by atoms with van der Waals surface area (Å²) in [5.41, 5.74) is 2.30. The molecule has 0 heterocycles. The van der Waals surface area contributed by atoms with E-state index >= 15 is 0 Å². The molecule has 0 amide bonds. The monoisotopic (exact) mass is 241 g/mol. The van der Waals surface area contributed by atoms with Gasteiger partial charge in [0.05, 0.1) is 6.10 Å². The number of benzene rings is 1. The van der Waals surface area contributed by atoms with Crippen LogP contribution in [0.25, 0.3) is 0 Å². The predicted octanol–water partition coefficient (Wildman–Crippen LogP) is 1.63. The highest BCUT2D eigenvalue weighted by molar-refractivity contribution is 9.10. The molecule has 2 rings (SSSR count). The van der Waals surface area contributed by atoms with Crippen molar-refractivity contribution in [1.82, 2.24) is 5.32 Å². The largest absolute Gasteiger partial charge is 0.387 e. The third kappa shape index (κ3) is 1.52. The maximum Gasteiger partial charge on any atom is 0.0949 e. The average Bonchev–Trinajstić information content (AvgIpc) is 2.44. The van der Waals surface area contributed by atoms with Crippen molar-refractivity contribution < 1.29 is 5.11 Å². The Labute approximate surface area is 86.1 Å². The molecule has 2 nitrogen and oxygen atoms in total. The highest BCUT2D eigenvalue weighted by Crippen LogP contribution is 2.32. The number of rotatable bonds is 1. The maximum absolute atomic E-state index is 9.88. The minimum absolute atomic E-state index is 0.171. The Bertz CT molecular complexity index is 327. The standard InChI is InChI=1S/C10H12BrNO/c1-12-9-4-6-2-3-7(11)5-8(6)10(9)13/h2-3,5,9-10,12-13H,4H2,1H3. The fourth-order valence-electron chi connectivity index (χ4n) is 1.85. The van der Waals surface area contributed by atoms with Gasteiger partial charge in [0.2, 0.25) is 0 Å². The van der Waals surface area contributed by atoms with Crippen LogP contribution < -0.4 is 5.32 Å². The van der Waals surface area contributed by atoms with Gasteiger partial charge in [-0.1, -0.05) is 22.0 Å². The van der Waals surface area contributed by atoms with E-state index in [1.165, 1.54) is 5.56 Å². The normalized spacial score (nSPS) is 26.1. The zero-order chi connectivity index (χ0) is 9.42. The lowest BCUT2D eigenvalue weighted by atomic mass is 10.1. The number of fused-ring (bicyclic) bond motifs is 1. The van der Waals surface area contributed by atoms with Gasteiger partial charge in [0, 0.05) is 10.5 Å². The fourth-order valence-corrected chi connectivity index (χ4v) is 2.23. The quantitative estimate of drug-likeness (QED) is 0.784. The molecule has 0 aliphatic heterocycles. The molecule has 1 aromatic carbocycles. The number of hydrogen-bond acceptors (Lipinski definition) is 2. The average molecular weight is 242 g/mol. The molecule has 13 heavy (non-hydrogen) atoms. The predicted molar refractivity (Wildman–Crippen MR) is 55.7 cm³/mol. The van der Waals surface area contributed by atoms with Crippen LogP contribution in [-0.2, 0) is 6.42 Å². The number of nitrogens with one attached hydrogen (secondary N) is 1. The van der Waals surface area contributed by atoms with Gasteiger partial charge in [-0.25, -0.2) is 0 Å². The summed E-state index contributed by atoms with van der Waals surface area (Å²) in [5.74, 6) is 0. The first kappa shape index (κ1) is 9.19. The minimum atomic E-state index is -0.363. The van der Waals surface area contributed by atoms with Crippen LogP contribution in [0, 0.1) is 0 Å². The van der Waals surface area contributed by atoms with Crippen molar-refractivity contribution in [2.75, 3.05) is 7.05 Å². The second-order valence-corrected chi connectivity index (χ2v) is 4.30.